The first kappa shape index (κ1) is 55.2. The van der Waals surface area contributed by atoms with Crippen LogP contribution in [-0.2, 0) is 45.5 Å². The fraction of sp³-hybridized carbons (Fsp3) is 0.708. The first-order valence-corrected chi connectivity index (χ1v) is 24.3. The molecule has 12 heteroatoms. The molecule has 0 bridgehead atoms. The van der Waals surface area contributed by atoms with E-state index in [0.717, 1.165) is 69.3 Å². The van der Waals surface area contributed by atoms with Crippen molar-refractivity contribution >= 4 is 19.8 Å². The highest BCUT2D eigenvalue weighted by molar-refractivity contribution is 7.47. The van der Waals surface area contributed by atoms with Crippen molar-refractivity contribution in [1.82, 2.24) is 0 Å². The Kier molecular flexibility index (Phi) is 31.1. The maximum absolute atomic E-state index is 12.8. The normalized spacial score (nSPS) is 14.5. The fourth-order valence-electron chi connectivity index (χ4n) is 6.21. The monoisotopic (exact) mass is 865 g/mol. The molecule has 3 atom stereocenters. The molecule has 0 aliphatic rings. The summed E-state index contributed by atoms with van der Waals surface area (Å²) in [7, 11) is 1.38. The number of unbranched alkanes of at least 4 members (excludes halogenated alkanes) is 11. The standard InChI is InChI=1S/C48H82NO10P/c1-8-10-12-13-20-26-31-43(50)32-27-21-16-14-15-17-23-29-35-47(51)55-39-44(40-57-60(53,54)56-38-37-49(5,6)7)58-48(52)36-30-24-19-18-22-28-34-46-42(4)41(3)45(59-46)33-25-11-9-2/h15-17,20-21,26-27,32,43-44,50H,8-14,18-19,22-25,28-31,33-40H2,1-7H3/p+1/b17-15-,21-16-,26-20-,32-27+/t43-,44-/m1/s1. The number of aryl methyl sites for hydroxylation is 2. The minimum atomic E-state index is -4.42. The second-order valence-corrected chi connectivity index (χ2v) is 18.3. The van der Waals surface area contributed by atoms with E-state index in [1.165, 1.54) is 49.7 Å². The molecule has 0 amide bonds. The number of likely N-dealkylation sites (N-methyl/N-ethyl adjacent to an activating group) is 1. The maximum Gasteiger partial charge on any atom is 0.472 e. The number of rotatable bonds is 37. The SMILES string of the molecule is CCCCC/C=C\C[C@@H](O)/C=C/C=C\C/C=C\CCCC(=O)OC[C@H](COP(=O)(O)OCC[N+](C)(C)C)OC(=O)CCCCCCCCc1oc(CCCCC)c(C)c1C. The summed E-state index contributed by atoms with van der Waals surface area (Å²) in [5.74, 6) is 1.32. The smallest absolute Gasteiger partial charge is 0.466 e. The third-order valence-electron chi connectivity index (χ3n) is 10.1. The van der Waals surface area contributed by atoms with E-state index >= 15 is 0 Å². The lowest BCUT2D eigenvalue weighted by Crippen LogP contribution is -2.37. The molecule has 0 radical (unpaired) electrons. The Hall–Kier alpha value is -2.79. The number of allylic oxidation sites excluding steroid dienone is 6. The number of aliphatic hydroxyl groups excluding tert-OH is 1. The molecular formula is C48H83NO10P+. The van der Waals surface area contributed by atoms with Crippen molar-refractivity contribution in [2.45, 2.75) is 175 Å². The van der Waals surface area contributed by atoms with E-state index in [9.17, 15) is 24.2 Å². The van der Waals surface area contributed by atoms with E-state index in [4.69, 9.17) is 22.9 Å². The number of quaternary nitrogens is 1. The third-order valence-corrected chi connectivity index (χ3v) is 11.1. The number of phosphoric acid groups is 1. The molecule has 2 N–H and O–H groups in total. The Morgan fingerprint density at radius 3 is 2.00 bits per heavy atom. The summed E-state index contributed by atoms with van der Waals surface area (Å²) < 4.78 is 40.5. The Labute approximate surface area is 363 Å². The van der Waals surface area contributed by atoms with Gasteiger partial charge in [-0.15, -0.1) is 0 Å². The van der Waals surface area contributed by atoms with Crippen LogP contribution in [0.15, 0.2) is 53.0 Å². The summed E-state index contributed by atoms with van der Waals surface area (Å²) in [5.41, 5.74) is 2.59. The molecule has 60 heavy (non-hydrogen) atoms. The second kappa shape index (κ2) is 33.8. The molecule has 0 saturated carbocycles. The molecule has 0 fully saturated rings. The van der Waals surface area contributed by atoms with Crippen LogP contribution in [0.25, 0.3) is 0 Å². The molecule has 0 aliphatic heterocycles. The summed E-state index contributed by atoms with van der Waals surface area (Å²) in [5, 5.41) is 10.1. The minimum Gasteiger partial charge on any atom is -0.466 e. The van der Waals surface area contributed by atoms with Crippen molar-refractivity contribution in [1.29, 1.82) is 0 Å². The molecule has 0 aliphatic carbocycles. The van der Waals surface area contributed by atoms with Crippen LogP contribution < -0.4 is 0 Å². The molecule has 1 unspecified atom stereocenters. The number of nitrogens with zero attached hydrogens (tertiary/aromatic N) is 1. The molecule has 344 valence electrons. The number of carbonyl (C=O) groups excluding carboxylic acids is 2. The van der Waals surface area contributed by atoms with Gasteiger partial charge in [0, 0.05) is 25.7 Å². The second-order valence-electron chi connectivity index (χ2n) is 16.9. The van der Waals surface area contributed by atoms with Gasteiger partial charge in [0.2, 0.25) is 0 Å². The Balaban J connectivity index is 2.45. The number of phosphoric ester groups is 1. The van der Waals surface area contributed by atoms with Crippen LogP contribution >= 0.6 is 7.82 Å². The molecule has 0 aromatic carbocycles. The predicted molar refractivity (Wildman–Crippen MR) is 243 cm³/mol. The Morgan fingerprint density at radius 1 is 0.717 bits per heavy atom. The number of esters is 2. The topological polar surface area (TPSA) is 142 Å². The van der Waals surface area contributed by atoms with Gasteiger partial charge in [0.1, 0.15) is 31.3 Å². The first-order chi connectivity index (χ1) is 28.7. The van der Waals surface area contributed by atoms with Gasteiger partial charge in [-0.3, -0.25) is 18.6 Å². The minimum absolute atomic E-state index is 0.00220. The molecule has 11 nitrogen and oxygen atoms in total. The van der Waals surface area contributed by atoms with Gasteiger partial charge < -0.3 is 28.4 Å². The molecular weight excluding hydrogens is 781 g/mol. The van der Waals surface area contributed by atoms with E-state index in [1.54, 1.807) is 6.08 Å². The summed E-state index contributed by atoms with van der Waals surface area (Å²) in [6.45, 7) is 8.47. The van der Waals surface area contributed by atoms with E-state index in [1.807, 2.05) is 57.6 Å². The number of ether oxygens (including phenoxy) is 2. The Morgan fingerprint density at radius 2 is 1.32 bits per heavy atom. The number of furan rings is 1. The molecule has 0 spiro atoms. The summed E-state index contributed by atoms with van der Waals surface area (Å²) in [4.78, 5) is 35.5. The predicted octanol–water partition coefficient (Wildman–Crippen LogP) is 11.3. The number of aliphatic hydroxyl groups is 1. The average molecular weight is 865 g/mol. The summed E-state index contributed by atoms with van der Waals surface area (Å²) in [6.07, 6.45) is 33.1. The number of hydrogen-bond donors (Lipinski definition) is 2. The maximum atomic E-state index is 12.8. The fourth-order valence-corrected chi connectivity index (χ4v) is 6.95. The zero-order valence-corrected chi connectivity index (χ0v) is 39.4. The largest absolute Gasteiger partial charge is 0.472 e. The summed E-state index contributed by atoms with van der Waals surface area (Å²) in [6, 6.07) is 0. The quantitative estimate of drug-likeness (QED) is 0.0166. The van der Waals surface area contributed by atoms with Crippen LogP contribution in [0.2, 0.25) is 0 Å². The van der Waals surface area contributed by atoms with Crippen LogP contribution in [-0.4, -0.2) is 86.1 Å². The van der Waals surface area contributed by atoms with Gasteiger partial charge in [0.25, 0.3) is 0 Å². The molecule has 1 aromatic heterocycles. The van der Waals surface area contributed by atoms with Crippen LogP contribution in [0, 0.1) is 13.8 Å². The van der Waals surface area contributed by atoms with Crippen molar-refractivity contribution < 1.29 is 51.6 Å². The highest BCUT2D eigenvalue weighted by atomic mass is 31.2. The van der Waals surface area contributed by atoms with Gasteiger partial charge in [-0.25, -0.2) is 4.57 Å². The zero-order chi connectivity index (χ0) is 44.5. The van der Waals surface area contributed by atoms with Crippen molar-refractivity contribution in [3.63, 3.8) is 0 Å². The molecule has 1 aromatic rings. The van der Waals surface area contributed by atoms with E-state index in [2.05, 4.69) is 33.8 Å². The van der Waals surface area contributed by atoms with E-state index in [-0.39, 0.29) is 26.1 Å². The van der Waals surface area contributed by atoms with Crippen molar-refractivity contribution in [3.8, 4) is 0 Å². The van der Waals surface area contributed by atoms with Gasteiger partial charge in [-0.2, -0.15) is 0 Å². The number of hydrogen-bond acceptors (Lipinski definition) is 9. The average Bonchev–Trinajstić information content (AvgIpc) is 3.46. The lowest BCUT2D eigenvalue weighted by molar-refractivity contribution is -0.870. The summed E-state index contributed by atoms with van der Waals surface area (Å²) >= 11 is 0. The van der Waals surface area contributed by atoms with E-state index < -0.39 is 38.6 Å². The van der Waals surface area contributed by atoms with Gasteiger partial charge in [-0.1, -0.05) is 114 Å². The van der Waals surface area contributed by atoms with Gasteiger partial charge in [-0.05, 0) is 82.8 Å². The van der Waals surface area contributed by atoms with E-state index in [0.29, 0.717) is 36.7 Å². The highest BCUT2D eigenvalue weighted by Gasteiger charge is 2.27. The van der Waals surface area contributed by atoms with Crippen LogP contribution in [0.3, 0.4) is 0 Å². The highest BCUT2D eigenvalue weighted by Crippen LogP contribution is 2.43. The lowest BCUT2D eigenvalue weighted by Gasteiger charge is -2.24. The third kappa shape index (κ3) is 30.3. The van der Waals surface area contributed by atoms with Gasteiger partial charge in [0.05, 0.1) is 33.9 Å². The molecule has 1 rings (SSSR count). The number of carbonyl (C=O) groups is 2. The van der Waals surface area contributed by atoms with Gasteiger partial charge in [0.15, 0.2) is 6.10 Å². The van der Waals surface area contributed by atoms with Crippen LogP contribution in [0.4, 0.5) is 0 Å². The Bertz CT molecular complexity index is 1460. The van der Waals surface area contributed by atoms with Crippen LogP contribution in [0.5, 0.6) is 0 Å². The van der Waals surface area contributed by atoms with Gasteiger partial charge >= 0.3 is 19.8 Å². The van der Waals surface area contributed by atoms with Crippen LogP contribution in [0.1, 0.15) is 158 Å². The van der Waals surface area contributed by atoms with Crippen molar-refractivity contribution in [3.05, 3.63) is 71.3 Å². The molecule has 1 heterocycles. The molecule has 0 saturated heterocycles. The zero-order valence-electron chi connectivity index (χ0n) is 38.5. The lowest BCUT2D eigenvalue weighted by atomic mass is 10.0. The van der Waals surface area contributed by atoms with Crippen molar-refractivity contribution in [2.75, 3.05) is 47.5 Å². The van der Waals surface area contributed by atoms with Crippen molar-refractivity contribution in [2.24, 2.45) is 0 Å². The first-order valence-electron chi connectivity index (χ1n) is 22.8.